The smallest absolute Gasteiger partial charge is 0.228 e. The lowest BCUT2D eigenvalue weighted by atomic mass is 9.65. The molecule has 0 atom stereocenters. The van der Waals surface area contributed by atoms with Crippen LogP contribution in [0.15, 0.2) is 0 Å². The molecule has 0 aromatic heterocycles. The summed E-state index contributed by atoms with van der Waals surface area (Å²) >= 11 is 0. The van der Waals surface area contributed by atoms with Crippen LogP contribution in [0.1, 0.15) is 59.8 Å². The van der Waals surface area contributed by atoms with E-state index in [1.807, 2.05) is 4.90 Å². The van der Waals surface area contributed by atoms with Gasteiger partial charge in [0.25, 0.3) is 0 Å². The maximum atomic E-state index is 13.1. The third kappa shape index (κ3) is 4.75. The van der Waals surface area contributed by atoms with E-state index in [-0.39, 0.29) is 17.4 Å². The molecule has 2 fully saturated rings. The molecule has 5 nitrogen and oxygen atoms in total. The molecular formula is C20H37NO4. The van der Waals surface area contributed by atoms with Gasteiger partial charge in [0.05, 0.1) is 18.3 Å². The molecule has 0 radical (unpaired) electrons. The number of carbonyl (C=O) groups is 1. The van der Waals surface area contributed by atoms with Gasteiger partial charge in [0, 0.05) is 39.3 Å². The maximum absolute atomic E-state index is 13.1. The SMILES string of the molecule is COCCC(C)(C)C(C)(C)C(=O)N1CCC(OC2CC(OC)C2)CC1. The predicted molar refractivity (Wildman–Crippen MR) is 98.6 cm³/mol. The Morgan fingerprint density at radius 1 is 1.00 bits per heavy atom. The molecule has 1 aliphatic heterocycles. The minimum absolute atomic E-state index is 0.103. The minimum Gasteiger partial charge on any atom is -0.385 e. The van der Waals surface area contributed by atoms with E-state index in [0.717, 1.165) is 45.2 Å². The zero-order valence-corrected chi connectivity index (χ0v) is 17.0. The molecule has 0 spiro atoms. The van der Waals surface area contributed by atoms with Crippen molar-refractivity contribution in [3.63, 3.8) is 0 Å². The zero-order valence-electron chi connectivity index (χ0n) is 17.0. The first-order chi connectivity index (χ1) is 11.7. The van der Waals surface area contributed by atoms with Gasteiger partial charge in [-0.15, -0.1) is 0 Å². The van der Waals surface area contributed by atoms with Crippen molar-refractivity contribution in [2.75, 3.05) is 33.9 Å². The van der Waals surface area contributed by atoms with E-state index in [0.29, 0.717) is 18.8 Å². The van der Waals surface area contributed by atoms with E-state index < -0.39 is 5.41 Å². The van der Waals surface area contributed by atoms with Gasteiger partial charge in [0.15, 0.2) is 0 Å². The van der Waals surface area contributed by atoms with E-state index in [2.05, 4.69) is 27.7 Å². The summed E-state index contributed by atoms with van der Waals surface area (Å²) < 4.78 is 16.7. The van der Waals surface area contributed by atoms with Crippen LogP contribution in [0.2, 0.25) is 0 Å². The van der Waals surface area contributed by atoms with Gasteiger partial charge < -0.3 is 19.1 Å². The fraction of sp³-hybridized carbons (Fsp3) is 0.950. The summed E-state index contributed by atoms with van der Waals surface area (Å²) in [5.41, 5.74) is -0.507. The standard InChI is InChI=1S/C20H37NO4/c1-19(2,9-12-23-5)20(3,4)18(22)21-10-7-15(8-11-21)25-17-13-16(14-17)24-6/h15-17H,7-14H2,1-6H3. The number of likely N-dealkylation sites (tertiary alicyclic amines) is 1. The summed E-state index contributed by atoms with van der Waals surface area (Å²) in [5, 5.41) is 0. The number of ether oxygens (including phenoxy) is 3. The third-order valence-electron chi connectivity index (χ3n) is 6.66. The number of hydrogen-bond acceptors (Lipinski definition) is 4. The molecule has 146 valence electrons. The maximum Gasteiger partial charge on any atom is 0.228 e. The molecule has 0 N–H and O–H groups in total. The minimum atomic E-state index is -0.404. The van der Waals surface area contributed by atoms with Gasteiger partial charge in [-0.25, -0.2) is 0 Å². The van der Waals surface area contributed by atoms with Crippen LogP contribution in [0.4, 0.5) is 0 Å². The predicted octanol–water partition coefficient (Wildman–Crippen LogP) is 3.26. The Morgan fingerprint density at radius 2 is 1.60 bits per heavy atom. The molecule has 2 rings (SSSR count). The lowest BCUT2D eigenvalue weighted by Gasteiger charge is -2.45. The fourth-order valence-electron chi connectivity index (χ4n) is 3.64. The second kappa shape index (κ2) is 8.36. The second-order valence-corrected chi connectivity index (χ2v) is 8.83. The Balaban J connectivity index is 1.81. The van der Waals surface area contributed by atoms with Crippen LogP contribution >= 0.6 is 0 Å². The Bertz CT molecular complexity index is 435. The van der Waals surface area contributed by atoms with Crippen LogP contribution in [0, 0.1) is 10.8 Å². The highest BCUT2D eigenvalue weighted by Gasteiger charge is 2.45. The van der Waals surface area contributed by atoms with Crippen LogP contribution < -0.4 is 0 Å². The zero-order chi connectivity index (χ0) is 18.7. The molecule has 5 heteroatoms. The van der Waals surface area contributed by atoms with Crippen molar-refractivity contribution in [2.45, 2.75) is 78.1 Å². The van der Waals surface area contributed by atoms with Crippen molar-refractivity contribution in [1.29, 1.82) is 0 Å². The van der Waals surface area contributed by atoms with Crippen LogP contribution in [-0.2, 0) is 19.0 Å². The third-order valence-corrected chi connectivity index (χ3v) is 6.66. The van der Waals surface area contributed by atoms with Gasteiger partial charge in [-0.1, -0.05) is 27.7 Å². The van der Waals surface area contributed by atoms with Crippen molar-refractivity contribution in [3.05, 3.63) is 0 Å². The van der Waals surface area contributed by atoms with E-state index >= 15 is 0 Å². The van der Waals surface area contributed by atoms with Gasteiger partial charge in [-0.05, 0) is 37.5 Å². The van der Waals surface area contributed by atoms with Crippen molar-refractivity contribution in [3.8, 4) is 0 Å². The average Bonchev–Trinajstić information content (AvgIpc) is 2.55. The average molecular weight is 356 g/mol. The van der Waals surface area contributed by atoms with E-state index in [1.54, 1.807) is 14.2 Å². The van der Waals surface area contributed by atoms with E-state index in [4.69, 9.17) is 14.2 Å². The molecule has 0 bridgehead atoms. The molecule has 0 aromatic carbocycles. The summed E-state index contributed by atoms with van der Waals surface area (Å²) in [4.78, 5) is 15.2. The first kappa shape index (κ1) is 20.7. The summed E-state index contributed by atoms with van der Waals surface area (Å²) in [6.07, 6.45) is 5.79. The molecule has 25 heavy (non-hydrogen) atoms. The fourth-order valence-corrected chi connectivity index (χ4v) is 3.64. The van der Waals surface area contributed by atoms with Gasteiger partial charge in [0.1, 0.15) is 0 Å². The first-order valence-electron chi connectivity index (χ1n) is 9.68. The number of hydrogen-bond donors (Lipinski definition) is 0. The number of piperidine rings is 1. The summed E-state index contributed by atoms with van der Waals surface area (Å²) in [6.45, 7) is 10.8. The molecule has 1 heterocycles. The van der Waals surface area contributed by atoms with Crippen LogP contribution in [-0.4, -0.2) is 63.0 Å². The number of carbonyl (C=O) groups excluding carboxylic acids is 1. The summed E-state index contributed by atoms with van der Waals surface area (Å²) in [5.74, 6) is 0.259. The highest BCUT2D eigenvalue weighted by atomic mass is 16.5. The van der Waals surface area contributed by atoms with Gasteiger partial charge in [-0.2, -0.15) is 0 Å². The van der Waals surface area contributed by atoms with Crippen molar-refractivity contribution >= 4 is 5.91 Å². The Hall–Kier alpha value is -0.650. The van der Waals surface area contributed by atoms with Crippen molar-refractivity contribution in [1.82, 2.24) is 4.90 Å². The quantitative estimate of drug-likeness (QED) is 0.670. The Morgan fingerprint density at radius 3 is 2.12 bits per heavy atom. The second-order valence-electron chi connectivity index (χ2n) is 8.83. The van der Waals surface area contributed by atoms with Gasteiger partial charge in [0.2, 0.25) is 5.91 Å². The lowest BCUT2D eigenvalue weighted by molar-refractivity contribution is -0.154. The molecule has 1 aliphatic carbocycles. The Kier molecular flexibility index (Phi) is 6.91. The number of amides is 1. The molecular weight excluding hydrogens is 318 g/mol. The molecule has 1 saturated carbocycles. The van der Waals surface area contributed by atoms with Gasteiger partial charge in [-0.3, -0.25) is 4.79 Å². The van der Waals surface area contributed by atoms with Crippen LogP contribution in [0.5, 0.6) is 0 Å². The molecule has 0 unspecified atom stereocenters. The van der Waals surface area contributed by atoms with Crippen molar-refractivity contribution in [2.24, 2.45) is 10.8 Å². The van der Waals surface area contributed by atoms with E-state index in [1.165, 1.54) is 0 Å². The molecule has 1 amide bonds. The van der Waals surface area contributed by atoms with Crippen molar-refractivity contribution < 1.29 is 19.0 Å². The van der Waals surface area contributed by atoms with E-state index in [9.17, 15) is 4.79 Å². The first-order valence-corrected chi connectivity index (χ1v) is 9.68. The molecule has 0 aromatic rings. The molecule has 1 saturated heterocycles. The van der Waals surface area contributed by atoms with Crippen LogP contribution in [0.25, 0.3) is 0 Å². The van der Waals surface area contributed by atoms with Crippen LogP contribution in [0.3, 0.4) is 0 Å². The number of rotatable bonds is 8. The highest BCUT2D eigenvalue weighted by molar-refractivity contribution is 5.83. The summed E-state index contributed by atoms with van der Waals surface area (Å²) in [6, 6.07) is 0. The van der Waals surface area contributed by atoms with Gasteiger partial charge >= 0.3 is 0 Å². The number of nitrogens with zero attached hydrogens (tertiary/aromatic N) is 1. The monoisotopic (exact) mass is 355 g/mol. The lowest BCUT2D eigenvalue weighted by Crippen LogP contribution is -2.52. The largest absolute Gasteiger partial charge is 0.385 e. The number of methoxy groups -OCH3 is 2. The highest BCUT2D eigenvalue weighted by Crippen LogP contribution is 2.43. The summed E-state index contributed by atoms with van der Waals surface area (Å²) in [7, 11) is 3.48. The topological polar surface area (TPSA) is 48.0 Å². The normalized spacial score (nSPS) is 25.8. The Labute approximate surface area is 153 Å². The molecule has 2 aliphatic rings.